The van der Waals surface area contributed by atoms with E-state index < -0.39 is 0 Å². The van der Waals surface area contributed by atoms with Gasteiger partial charge in [-0.2, -0.15) is 0 Å². The van der Waals surface area contributed by atoms with E-state index in [-0.39, 0.29) is 17.1 Å². The van der Waals surface area contributed by atoms with Crippen molar-refractivity contribution < 1.29 is 14.3 Å². The molecule has 2 amide bonds. The van der Waals surface area contributed by atoms with Crippen LogP contribution in [0, 0.1) is 13.8 Å². The number of nitrogens with one attached hydrogen (secondary N) is 2. The van der Waals surface area contributed by atoms with Crippen LogP contribution < -0.4 is 15.4 Å². The molecule has 0 aliphatic carbocycles. The molecule has 0 spiro atoms. The summed E-state index contributed by atoms with van der Waals surface area (Å²) in [4.78, 5) is 26.2. The zero-order valence-corrected chi connectivity index (χ0v) is 18.9. The summed E-state index contributed by atoms with van der Waals surface area (Å²) < 4.78 is 5.26. The van der Waals surface area contributed by atoms with E-state index in [1.54, 1.807) is 43.5 Å². The third-order valence-electron chi connectivity index (χ3n) is 4.93. The summed E-state index contributed by atoms with van der Waals surface area (Å²) in [6, 6.07) is 20.2. The molecule has 3 rings (SSSR count). The summed E-state index contributed by atoms with van der Waals surface area (Å²) in [6.45, 7) is 6.01. The number of hydrogen-bond donors (Lipinski definition) is 2. The van der Waals surface area contributed by atoms with Crippen LogP contribution in [-0.2, 0) is 4.79 Å². The van der Waals surface area contributed by atoms with E-state index in [4.69, 9.17) is 4.74 Å². The molecule has 0 aromatic heterocycles. The maximum atomic E-state index is 12.6. The van der Waals surface area contributed by atoms with Crippen LogP contribution in [0.5, 0.6) is 5.75 Å². The van der Waals surface area contributed by atoms with Crippen molar-refractivity contribution in [3.05, 3.63) is 83.4 Å². The molecule has 0 saturated heterocycles. The molecule has 3 aromatic rings. The lowest BCUT2D eigenvalue weighted by molar-refractivity contribution is -0.115. The lowest BCUT2D eigenvalue weighted by Crippen LogP contribution is -2.22. The summed E-state index contributed by atoms with van der Waals surface area (Å²) in [5, 5.41) is 5.49. The fourth-order valence-electron chi connectivity index (χ4n) is 2.94. The van der Waals surface area contributed by atoms with Crippen LogP contribution in [0.3, 0.4) is 0 Å². The quantitative estimate of drug-likeness (QED) is 0.469. The van der Waals surface area contributed by atoms with Crippen LogP contribution in [0.15, 0.2) is 71.6 Å². The molecule has 160 valence electrons. The maximum absolute atomic E-state index is 12.6. The van der Waals surface area contributed by atoms with Gasteiger partial charge in [-0.25, -0.2) is 0 Å². The minimum atomic E-state index is -0.254. The fraction of sp³-hybridized carbons (Fsp3) is 0.200. The predicted molar refractivity (Wildman–Crippen MR) is 127 cm³/mol. The number of amides is 2. The van der Waals surface area contributed by atoms with Gasteiger partial charge in [-0.3, -0.25) is 9.59 Å². The van der Waals surface area contributed by atoms with E-state index in [2.05, 4.69) is 36.6 Å². The number of anilines is 2. The molecule has 0 radical (unpaired) electrons. The average molecular weight is 435 g/mol. The Morgan fingerprint density at radius 3 is 2.29 bits per heavy atom. The Morgan fingerprint density at radius 2 is 1.61 bits per heavy atom. The third kappa shape index (κ3) is 5.89. The summed E-state index contributed by atoms with van der Waals surface area (Å²) in [5.41, 5.74) is 4.17. The van der Waals surface area contributed by atoms with Gasteiger partial charge in [0.15, 0.2) is 0 Å². The Balaban J connectivity index is 1.59. The number of ether oxygens (including phenoxy) is 1. The molecule has 5 nitrogen and oxygen atoms in total. The van der Waals surface area contributed by atoms with Gasteiger partial charge in [0.25, 0.3) is 5.91 Å². The number of thioether (sulfide) groups is 1. The van der Waals surface area contributed by atoms with Crippen LogP contribution in [0.25, 0.3) is 0 Å². The number of carbonyl (C=O) groups is 2. The topological polar surface area (TPSA) is 67.4 Å². The standard InChI is InChI=1S/C25H26N2O3S/c1-16-9-14-21(15-17(16)2)31-18(3)24(28)26-20-12-10-19(11-13-20)25(29)27-22-7-5-6-8-23(22)30-4/h5-15,18H,1-4H3,(H,26,28)(H,27,29)/t18-/m0/s1. The number of carbonyl (C=O) groups excluding carboxylic acids is 2. The highest BCUT2D eigenvalue weighted by Crippen LogP contribution is 2.27. The molecule has 31 heavy (non-hydrogen) atoms. The fourth-order valence-corrected chi connectivity index (χ4v) is 3.90. The van der Waals surface area contributed by atoms with Gasteiger partial charge >= 0.3 is 0 Å². The molecule has 0 aliphatic heterocycles. The first-order chi connectivity index (χ1) is 14.9. The van der Waals surface area contributed by atoms with Crippen LogP contribution in [-0.4, -0.2) is 24.2 Å². The zero-order chi connectivity index (χ0) is 22.4. The molecule has 0 fully saturated rings. The summed E-state index contributed by atoms with van der Waals surface area (Å²) >= 11 is 1.52. The first-order valence-corrected chi connectivity index (χ1v) is 10.8. The van der Waals surface area contributed by atoms with E-state index >= 15 is 0 Å². The molecule has 3 aromatic carbocycles. The monoisotopic (exact) mass is 434 g/mol. The number of aryl methyl sites for hydroxylation is 2. The van der Waals surface area contributed by atoms with Gasteiger partial charge < -0.3 is 15.4 Å². The van der Waals surface area contributed by atoms with Crippen molar-refractivity contribution in [2.24, 2.45) is 0 Å². The smallest absolute Gasteiger partial charge is 0.255 e. The first-order valence-electron chi connectivity index (χ1n) is 9.96. The summed E-state index contributed by atoms with van der Waals surface area (Å²) in [5.74, 6) is 0.255. The molecule has 0 bridgehead atoms. The van der Waals surface area contributed by atoms with Crippen molar-refractivity contribution in [2.75, 3.05) is 17.7 Å². The van der Waals surface area contributed by atoms with Gasteiger partial charge in [-0.1, -0.05) is 18.2 Å². The average Bonchev–Trinajstić information content (AvgIpc) is 2.77. The lowest BCUT2D eigenvalue weighted by Gasteiger charge is -2.13. The van der Waals surface area contributed by atoms with Crippen molar-refractivity contribution >= 4 is 35.0 Å². The highest BCUT2D eigenvalue weighted by Gasteiger charge is 2.15. The maximum Gasteiger partial charge on any atom is 0.255 e. The molecule has 6 heteroatoms. The largest absolute Gasteiger partial charge is 0.495 e. The van der Waals surface area contributed by atoms with Gasteiger partial charge in [0.05, 0.1) is 18.0 Å². The highest BCUT2D eigenvalue weighted by molar-refractivity contribution is 8.00. The second-order valence-electron chi connectivity index (χ2n) is 7.23. The molecule has 0 heterocycles. The van der Waals surface area contributed by atoms with Crippen molar-refractivity contribution in [3.63, 3.8) is 0 Å². The van der Waals surface area contributed by atoms with E-state index in [0.717, 1.165) is 4.90 Å². The number of hydrogen-bond acceptors (Lipinski definition) is 4. The Hall–Kier alpha value is -3.25. The van der Waals surface area contributed by atoms with E-state index in [9.17, 15) is 9.59 Å². The second kappa shape index (κ2) is 10.2. The van der Waals surface area contributed by atoms with Gasteiger partial charge in [0.2, 0.25) is 5.91 Å². The lowest BCUT2D eigenvalue weighted by atomic mass is 10.1. The van der Waals surface area contributed by atoms with Crippen LogP contribution in [0.2, 0.25) is 0 Å². The van der Waals surface area contributed by atoms with Crippen molar-refractivity contribution in [2.45, 2.75) is 30.9 Å². The normalized spacial score (nSPS) is 11.5. The Labute approximate surface area is 187 Å². The SMILES string of the molecule is COc1ccccc1NC(=O)c1ccc(NC(=O)[C@H](C)Sc2ccc(C)c(C)c2)cc1. The molecule has 0 saturated carbocycles. The molecular formula is C25H26N2O3S. The zero-order valence-electron chi connectivity index (χ0n) is 18.1. The van der Waals surface area contributed by atoms with Crippen molar-refractivity contribution in [1.82, 2.24) is 0 Å². The molecule has 1 atom stereocenters. The number of rotatable bonds is 7. The Kier molecular flexibility index (Phi) is 7.36. The summed E-state index contributed by atoms with van der Waals surface area (Å²) in [6.07, 6.45) is 0. The second-order valence-corrected chi connectivity index (χ2v) is 8.64. The molecule has 0 unspecified atom stereocenters. The number of benzene rings is 3. The van der Waals surface area contributed by atoms with Crippen LogP contribution in [0.4, 0.5) is 11.4 Å². The highest BCUT2D eigenvalue weighted by atomic mass is 32.2. The third-order valence-corrected chi connectivity index (χ3v) is 6.02. The minimum absolute atomic E-state index is 0.0885. The van der Waals surface area contributed by atoms with Crippen LogP contribution >= 0.6 is 11.8 Å². The molecule has 2 N–H and O–H groups in total. The summed E-state index contributed by atoms with van der Waals surface area (Å²) in [7, 11) is 1.56. The van der Waals surface area contributed by atoms with E-state index in [1.165, 1.54) is 22.9 Å². The van der Waals surface area contributed by atoms with Crippen molar-refractivity contribution in [1.29, 1.82) is 0 Å². The van der Waals surface area contributed by atoms with Gasteiger partial charge in [0, 0.05) is 16.1 Å². The number of para-hydroxylation sites is 2. The first kappa shape index (κ1) is 22.4. The minimum Gasteiger partial charge on any atom is -0.495 e. The molecule has 0 aliphatic rings. The van der Waals surface area contributed by atoms with E-state index in [0.29, 0.717) is 22.7 Å². The van der Waals surface area contributed by atoms with Crippen molar-refractivity contribution in [3.8, 4) is 5.75 Å². The van der Waals surface area contributed by atoms with Gasteiger partial charge in [0.1, 0.15) is 5.75 Å². The van der Waals surface area contributed by atoms with E-state index in [1.807, 2.05) is 25.1 Å². The Bertz CT molecular complexity index is 1080. The van der Waals surface area contributed by atoms with Gasteiger partial charge in [-0.05, 0) is 80.4 Å². The number of methoxy groups -OCH3 is 1. The van der Waals surface area contributed by atoms with Crippen LogP contribution in [0.1, 0.15) is 28.4 Å². The Morgan fingerprint density at radius 1 is 0.903 bits per heavy atom. The predicted octanol–water partition coefficient (Wildman–Crippen LogP) is 5.68. The van der Waals surface area contributed by atoms with Gasteiger partial charge in [-0.15, -0.1) is 11.8 Å². The molecular weight excluding hydrogens is 408 g/mol.